The van der Waals surface area contributed by atoms with E-state index in [2.05, 4.69) is 24.5 Å². The van der Waals surface area contributed by atoms with Gasteiger partial charge in [-0.2, -0.15) is 0 Å². The van der Waals surface area contributed by atoms with Crippen LogP contribution >= 0.6 is 0 Å². The second kappa shape index (κ2) is 9.41. The molecule has 3 unspecified atom stereocenters. The normalized spacial score (nSPS) is 16.4. The van der Waals surface area contributed by atoms with Crippen LogP contribution in [0.15, 0.2) is 0 Å². The van der Waals surface area contributed by atoms with Gasteiger partial charge in [-0.1, -0.05) is 13.8 Å². The van der Waals surface area contributed by atoms with Crippen molar-refractivity contribution >= 4 is 16.9 Å². The molecule has 0 aromatic heterocycles. The average Bonchev–Trinajstić information content (AvgIpc) is 2.24. The molecule has 2 N–H and O–H groups in total. The van der Waals surface area contributed by atoms with Crippen molar-refractivity contribution in [1.82, 2.24) is 10.6 Å². The minimum Gasteiger partial charge on any atom is -0.444 e. The highest BCUT2D eigenvalue weighted by molar-refractivity contribution is 7.84. The van der Waals surface area contributed by atoms with E-state index in [-0.39, 0.29) is 12.1 Å². The molecule has 0 heterocycles. The molecule has 0 spiro atoms. The molecule has 0 aromatic rings. The first-order valence-corrected chi connectivity index (χ1v) is 9.24. The number of carbonyl (C=O) groups is 1. The van der Waals surface area contributed by atoms with Crippen LogP contribution in [0.3, 0.4) is 0 Å². The Morgan fingerprint density at radius 1 is 1.19 bits per heavy atom. The lowest BCUT2D eigenvalue weighted by Crippen LogP contribution is -2.42. The Morgan fingerprint density at radius 2 is 1.76 bits per heavy atom. The highest BCUT2D eigenvalue weighted by atomic mass is 32.2. The molecule has 0 aromatic carbocycles. The molecule has 0 saturated carbocycles. The Hall–Kier alpha value is -0.620. The van der Waals surface area contributed by atoms with Crippen molar-refractivity contribution in [2.45, 2.75) is 53.2 Å². The Balaban J connectivity index is 4.20. The number of amides is 1. The summed E-state index contributed by atoms with van der Waals surface area (Å²) < 4.78 is 16.4. The first kappa shape index (κ1) is 20.4. The largest absolute Gasteiger partial charge is 0.444 e. The van der Waals surface area contributed by atoms with Gasteiger partial charge in [0.05, 0.1) is 0 Å². The van der Waals surface area contributed by atoms with Crippen LogP contribution in [0.25, 0.3) is 0 Å². The molecule has 0 aliphatic carbocycles. The fourth-order valence-electron chi connectivity index (χ4n) is 1.84. The first-order valence-electron chi connectivity index (χ1n) is 7.51. The van der Waals surface area contributed by atoms with Gasteiger partial charge in [0.15, 0.2) is 0 Å². The van der Waals surface area contributed by atoms with Crippen LogP contribution in [0.1, 0.15) is 41.5 Å². The van der Waals surface area contributed by atoms with E-state index in [9.17, 15) is 9.00 Å². The molecule has 0 rings (SSSR count). The SMILES string of the molecule is CC(CS(C)=O)NCC(CNC(=O)OC(C)(C)C)C(C)C. The summed E-state index contributed by atoms with van der Waals surface area (Å²) >= 11 is 0. The van der Waals surface area contributed by atoms with Crippen LogP contribution in [-0.2, 0) is 15.5 Å². The van der Waals surface area contributed by atoms with Gasteiger partial charge in [0, 0.05) is 41.9 Å². The standard InChI is InChI=1S/C15H32N2O3S/c1-11(2)13(8-16-12(3)10-21(7)19)9-17-14(18)20-15(4,5)6/h11-13,16H,8-10H2,1-7H3,(H,17,18). The molecule has 3 atom stereocenters. The summed E-state index contributed by atoms with van der Waals surface area (Å²) in [5.41, 5.74) is -0.477. The first-order chi connectivity index (χ1) is 9.51. The summed E-state index contributed by atoms with van der Waals surface area (Å²) in [6.45, 7) is 13.2. The third kappa shape index (κ3) is 11.7. The Morgan fingerprint density at radius 3 is 2.19 bits per heavy atom. The van der Waals surface area contributed by atoms with Gasteiger partial charge in [0.25, 0.3) is 0 Å². The van der Waals surface area contributed by atoms with Crippen molar-refractivity contribution in [1.29, 1.82) is 0 Å². The number of hydrogen-bond acceptors (Lipinski definition) is 4. The molecule has 6 heteroatoms. The monoisotopic (exact) mass is 320 g/mol. The van der Waals surface area contributed by atoms with E-state index in [0.29, 0.717) is 24.1 Å². The van der Waals surface area contributed by atoms with Crippen molar-refractivity contribution in [3.05, 3.63) is 0 Å². The summed E-state index contributed by atoms with van der Waals surface area (Å²) in [5, 5.41) is 6.21. The lowest BCUT2D eigenvalue weighted by atomic mass is 9.95. The number of hydrogen-bond donors (Lipinski definition) is 2. The van der Waals surface area contributed by atoms with Gasteiger partial charge in [-0.25, -0.2) is 4.79 Å². The van der Waals surface area contributed by atoms with Crippen LogP contribution in [0.5, 0.6) is 0 Å². The molecule has 0 radical (unpaired) electrons. The number of nitrogens with one attached hydrogen (secondary N) is 2. The maximum Gasteiger partial charge on any atom is 0.407 e. The molecule has 0 aliphatic heterocycles. The van der Waals surface area contributed by atoms with Crippen LogP contribution < -0.4 is 10.6 Å². The molecule has 0 aliphatic rings. The average molecular weight is 320 g/mol. The van der Waals surface area contributed by atoms with Crippen molar-refractivity contribution in [3.63, 3.8) is 0 Å². The Kier molecular flexibility index (Phi) is 9.13. The minimum atomic E-state index is -0.796. The van der Waals surface area contributed by atoms with Crippen molar-refractivity contribution in [2.75, 3.05) is 25.1 Å². The van der Waals surface area contributed by atoms with Crippen LogP contribution in [0.4, 0.5) is 4.79 Å². The highest BCUT2D eigenvalue weighted by Crippen LogP contribution is 2.10. The molecule has 1 amide bonds. The zero-order valence-electron chi connectivity index (χ0n) is 14.5. The third-order valence-electron chi connectivity index (χ3n) is 3.06. The molecule has 126 valence electrons. The van der Waals surface area contributed by atoms with E-state index in [4.69, 9.17) is 4.74 Å². The van der Waals surface area contributed by atoms with E-state index in [0.717, 1.165) is 6.54 Å². The molecule has 5 nitrogen and oxygen atoms in total. The predicted molar refractivity (Wildman–Crippen MR) is 89.0 cm³/mol. The maximum absolute atomic E-state index is 11.7. The van der Waals surface area contributed by atoms with Crippen LogP contribution in [0.2, 0.25) is 0 Å². The summed E-state index contributed by atoms with van der Waals surface area (Å²) in [4.78, 5) is 11.7. The molecule has 0 bridgehead atoms. The van der Waals surface area contributed by atoms with Crippen molar-refractivity contribution < 1.29 is 13.7 Å². The topological polar surface area (TPSA) is 67.4 Å². The fourth-order valence-corrected chi connectivity index (χ4v) is 2.66. The van der Waals surface area contributed by atoms with Gasteiger partial charge in [0.2, 0.25) is 0 Å². The second-order valence-corrected chi connectivity index (χ2v) is 8.42. The van der Waals surface area contributed by atoms with Crippen LogP contribution in [0, 0.1) is 11.8 Å². The summed E-state index contributed by atoms with van der Waals surface area (Å²) in [7, 11) is -0.796. The summed E-state index contributed by atoms with van der Waals surface area (Å²) in [6, 6.07) is 0.207. The second-order valence-electron chi connectivity index (χ2n) is 6.94. The maximum atomic E-state index is 11.7. The zero-order valence-corrected chi connectivity index (χ0v) is 15.3. The van der Waals surface area contributed by atoms with Gasteiger partial charge in [-0.3, -0.25) is 4.21 Å². The Bertz CT molecular complexity index is 340. The summed E-state index contributed by atoms with van der Waals surface area (Å²) in [5.74, 6) is 1.39. The van der Waals surface area contributed by atoms with Gasteiger partial charge >= 0.3 is 6.09 Å². The van der Waals surface area contributed by atoms with E-state index >= 15 is 0 Å². The lowest BCUT2D eigenvalue weighted by molar-refractivity contribution is 0.0514. The van der Waals surface area contributed by atoms with Gasteiger partial charge in [0.1, 0.15) is 5.60 Å². The quantitative estimate of drug-likeness (QED) is 0.719. The number of ether oxygens (including phenoxy) is 1. The van der Waals surface area contributed by atoms with Gasteiger partial charge in [-0.15, -0.1) is 0 Å². The molecule has 21 heavy (non-hydrogen) atoms. The van der Waals surface area contributed by atoms with E-state index in [1.165, 1.54) is 0 Å². The van der Waals surface area contributed by atoms with Gasteiger partial charge in [-0.05, 0) is 39.5 Å². The van der Waals surface area contributed by atoms with E-state index < -0.39 is 16.4 Å². The molecule has 0 saturated heterocycles. The molecule has 0 fully saturated rings. The highest BCUT2D eigenvalue weighted by Gasteiger charge is 2.19. The minimum absolute atomic E-state index is 0.207. The van der Waals surface area contributed by atoms with Crippen LogP contribution in [-0.4, -0.2) is 47.0 Å². The zero-order chi connectivity index (χ0) is 16.6. The third-order valence-corrected chi connectivity index (χ3v) is 4.03. The number of rotatable bonds is 8. The van der Waals surface area contributed by atoms with E-state index in [1.54, 1.807) is 6.26 Å². The number of carbonyl (C=O) groups excluding carboxylic acids is 1. The smallest absolute Gasteiger partial charge is 0.407 e. The Labute approximate surface area is 132 Å². The van der Waals surface area contributed by atoms with Crippen molar-refractivity contribution in [3.8, 4) is 0 Å². The molecular weight excluding hydrogens is 288 g/mol. The van der Waals surface area contributed by atoms with E-state index in [1.807, 2.05) is 27.7 Å². The fraction of sp³-hybridized carbons (Fsp3) is 0.933. The summed E-state index contributed by atoms with van der Waals surface area (Å²) in [6.07, 6.45) is 1.33. The molecular formula is C15H32N2O3S. The predicted octanol–water partition coefficient (Wildman–Crippen LogP) is 2.14. The van der Waals surface area contributed by atoms with Gasteiger partial charge < -0.3 is 15.4 Å². The lowest BCUT2D eigenvalue weighted by Gasteiger charge is -2.25. The number of alkyl carbamates (subject to hydrolysis) is 1. The van der Waals surface area contributed by atoms with Crippen molar-refractivity contribution in [2.24, 2.45) is 11.8 Å².